The van der Waals surface area contributed by atoms with E-state index in [1.807, 2.05) is 18.2 Å². The molecule has 0 saturated heterocycles. The quantitative estimate of drug-likeness (QED) is 0.901. The molecule has 2 aliphatic rings. The zero-order valence-electron chi connectivity index (χ0n) is 11.9. The van der Waals surface area contributed by atoms with Crippen LogP contribution in [0.4, 0.5) is 5.82 Å². The molecule has 0 spiro atoms. The minimum Gasteiger partial charge on any atom is -0.294 e. The molecule has 1 fully saturated rings. The number of amides is 1. The van der Waals surface area contributed by atoms with E-state index in [1.54, 1.807) is 6.07 Å². The van der Waals surface area contributed by atoms with Gasteiger partial charge in [-0.25, -0.2) is 4.79 Å². The summed E-state index contributed by atoms with van der Waals surface area (Å²) in [4.78, 5) is 41.0. The Kier molecular flexibility index (Phi) is 2.79. The Morgan fingerprint density at radius 2 is 1.86 bits per heavy atom. The van der Waals surface area contributed by atoms with Gasteiger partial charge >= 0.3 is 5.69 Å². The van der Waals surface area contributed by atoms with Crippen LogP contribution in [0.25, 0.3) is 0 Å². The molecular formula is C16H15N3O3. The number of H-pyrrole nitrogens is 1. The first kappa shape index (κ1) is 13.1. The monoisotopic (exact) mass is 297 g/mol. The van der Waals surface area contributed by atoms with Crippen molar-refractivity contribution in [3.8, 4) is 0 Å². The number of aromatic amines is 1. The van der Waals surface area contributed by atoms with Crippen LogP contribution in [0.1, 0.15) is 34.8 Å². The van der Waals surface area contributed by atoms with Crippen molar-refractivity contribution in [2.45, 2.75) is 25.3 Å². The molecule has 1 amide bonds. The molecule has 0 radical (unpaired) electrons. The highest BCUT2D eigenvalue weighted by atomic mass is 16.2. The maximum absolute atomic E-state index is 12.6. The summed E-state index contributed by atoms with van der Waals surface area (Å²) in [7, 11) is 0. The average molecular weight is 297 g/mol. The predicted octanol–water partition coefficient (Wildman–Crippen LogP) is 1.07. The zero-order chi connectivity index (χ0) is 15.3. The molecule has 6 heteroatoms. The summed E-state index contributed by atoms with van der Waals surface area (Å²) in [6, 6.07) is 8.79. The molecule has 1 saturated carbocycles. The van der Waals surface area contributed by atoms with Crippen molar-refractivity contribution in [3.05, 3.63) is 62.3 Å². The van der Waals surface area contributed by atoms with E-state index in [1.165, 1.54) is 15.5 Å². The van der Waals surface area contributed by atoms with Gasteiger partial charge < -0.3 is 0 Å². The van der Waals surface area contributed by atoms with Crippen molar-refractivity contribution in [1.29, 1.82) is 0 Å². The van der Waals surface area contributed by atoms with E-state index in [9.17, 15) is 14.4 Å². The number of benzene rings is 1. The van der Waals surface area contributed by atoms with Gasteiger partial charge in [-0.15, -0.1) is 0 Å². The molecule has 2 heterocycles. The van der Waals surface area contributed by atoms with Crippen LogP contribution in [-0.2, 0) is 6.42 Å². The summed E-state index contributed by atoms with van der Waals surface area (Å²) < 4.78 is 1.24. The fourth-order valence-electron chi connectivity index (χ4n) is 2.97. The fraction of sp³-hybridized carbons (Fsp3) is 0.312. The molecule has 1 aromatic heterocycles. The zero-order valence-corrected chi connectivity index (χ0v) is 11.9. The van der Waals surface area contributed by atoms with Crippen LogP contribution in [0.3, 0.4) is 0 Å². The Balaban J connectivity index is 1.76. The van der Waals surface area contributed by atoms with E-state index in [2.05, 4.69) is 4.98 Å². The van der Waals surface area contributed by atoms with Crippen LogP contribution in [-0.4, -0.2) is 22.0 Å². The molecule has 6 nitrogen and oxygen atoms in total. The summed E-state index contributed by atoms with van der Waals surface area (Å²) in [5, 5.41) is 0. The van der Waals surface area contributed by atoms with Gasteiger partial charge in [0.2, 0.25) is 0 Å². The first-order chi connectivity index (χ1) is 10.6. The highest BCUT2D eigenvalue weighted by molar-refractivity contribution is 6.07. The molecule has 0 bridgehead atoms. The maximum atomic E-state index is 12.6. The minimum atomic E-state index is -0.434. The van der Waals surface area contributed by atoms with Crippen molar-refractivity contribution >= 4 is 11.7 Å². The lowest BCUT2D eigenvalue weighted by Crippen LogP contribution is -2.42. The number of nitrogens with zero attached hydrogens (tertiary/aromatic N) is 2. The SMILES string of the molecule is O=C1c2ccccc2CCN1c1cc(=O)n(C2CC2)c(=O)[nH]1. The number of anilines is 1. The van der Waals surface area contributed by atoms with Crippen LogP contribution >= 0.6 is 0 Å². The first-order valence-electron chi connectivity index (χ1n) is 7.41. The lowest BCUT2D eigenvalue weighted by molar-refractivity contribution is 0.0979. The number of hydrogen-bond acceptors (Lipinski definition) is 3. The molecule has 4 rings (SSSR count). The normalized spacial score (nSPS) is 17.5. The van der Waals surface area contributed by atoms with Crippen LogP contribution < -0.4 is 16.1 Å². The van der Waals surface area contributed by atoms with E-state index < -0.39 is 5.69 Å². The van der Waals surface area contributed by atoms with E-state index in [0.717, 1.165) is 18.4 Å². The summed E-state index contributed by atoms with van der Waals surface area (Å²) in [6.45, 7) is 0.457. The van der Waals surface area contributed by atoms with Crippen LogP contribution in [0.5, 0.6) is 0 Å². The topological polar surface area (TPSA) is 75.2 Å². The van der Waals surface area contributed by atoms with Gasteiger partial charge in [-0.2, -0.15) is 0 Å². The highest BCUT2D eigenvalue weighted by Gasteiger charge is 2.29. The second kappa shape index (κ2) is 4.69. The number of fused-ring (bicyclic) bond motifs is 1. The molecule has 0 atom stereocenters. The Labute approximate surface area is 126 Å². The summed E-state index contributed by atoms with van der Waals surface area (Å²) in [5.74, 6) is 0.104. The maximum Gasteiger partial charge on any atom is 0.330 e. The van der Waals surface area contributed by atoms with Crippen LogP contribution in [0.2, 0.25) is 0 Å². The first-order valence-corrected chi connectivity index (χ1v) is 7.41. The number of hydrogen-bond donors (Lipinski definition) is 1. The molecular weight excluding hydrogens is 282 g/mol. The molecule has 22 heavy (non-hydrogen) atoms. The summed E-state index contributed by atoms with van der Waals surface area (Å²) in [5.41, 5.74) is 0.850. The Morgan fingerprint density at radius 1 is 1.09 bits per heavy atom. The molecule has 0 unspecified atom stereocenters. The average Bonchev–Trinajstić information content (AvgIpc) is 3.32. The Bertz CT molecular complexity index is 845. The highest BCUT2D eigenvalue weighted by Crippen LogP contribution is 2.32. The minimum absolute atomic E-state index is 0.0167. The number of rotatable bonds is 2. The second-order valence-corrected chi connectivity index (χ2v) is 5.76. The largest absolute Gasteiger partial charge is 0.330 e. The second-order valence-electron chi connectivity index (χ2n) is 5.76. The molecule has 1 N–H and O–H groups in total. The van der Waals surface area contributed by atoms with Gasteiger partial charge in [0.25, 0.3) is 11.5 Å². The van der Waals surface area contributed by atoms with Crippen molar-refractivity contribution < 1.29 is 4.79 Å². The fourth-order valence-corrected chi connectivity index (χ4v) is 2.97. The van der Waals surface area contributed by atoms with Gasteiger partial charge in [0.1, 0.15) is 5.82 Å². The predicted molar refractivity (Wildman–Crippen MR) is 81.4 cm³/mol. The molecule has 1 aromatic carbocycles. The van der Waals surface area contributed by atoms with Crippen LogP contribution in [0, 0.1) is 0 Å². The lowest BCUT2D eigenvalue weighted by atomic mass is 9.99. The van der Waals surface area contributed by atoms with Crippen molar-refractivity contribution in [2.75, 3.05) is 11.4 Å². The van der Waals surface area contributed by atoms with Gasteiger partial charge in [0.15, 0.2) is 0 Å². The molecule has 1 aliphatic heterocycles. The van der Waals surface area contributed by atoms with E-state index in [-0.39, 0.29) is 23.3 Å². The van der Waals surface area contributed by atoms with E-state index in [0.29, 0.717) is 18.5 Å². The van der Waals surface area contributed by atoms with Gasteiger partial charge in [-0.3, -0.25) is 24.0 Å². The van der Waals surface area contributed by atoms with Gasteiger partial charge in [-0.05, 0) is 30.9 Å². The third-order valence-electron chi connectivity index (χ3n) is 4.25. The van der Waals surface area contributed by atoms with Gasteiger partial charge in [0.05, 0.1) is 0 Å². The summed E-state index contributed by atoms with van der Waals surface area (Å²) in [6.07, 6.45) is 2.42. The Hall–Kier alpha value is -2.63. The third kappa shape index (κ3) is 1.99. The van der Waals surface area contributed by atoms with Gasteiger partial charge in [0, 0.05) is 24.2 Å². The molecule has 2 aromatic rings. The smallest absolute Gasteiger partial charge is 0.294 e. The standard InChI is InChI=1S/C16H15N3O3/c20-14-9-13(17-16(22)19(14)11-5-6-11)18-8-7-10-3-1-2-4-12(10)15(18)21/h1-4,9,11H,5-8H2,(H,17,22). The van der Waals surface area contributed by atoms with Crippen molar-refractivity contribution in [1.82, 2.24) is 9.55 Å². The van der Waals surface area contributed by atoms with Crippen molar-refractivity contribution in [2.24, 2.45) is 0 Å². The summed E-state index contributed by atoms with van der Waals surface area (Å²) >= 11 is 0. The molecule has 112 valence electrons. The van der Waals surface area contributed by atoms with Crippen LogP contribution in [0.15, 0.2) is 39.9 Å². The van der Waals surface area contributed by atoms with Crippen molar-refractivity contribution in [3.63, 3.8) is 0 Å². The Morgan fingerprint density at radius 3 is 2.59 bits per heavy atom. The number of carbonyl (C=O) groups is 1. The number of aromatic nitrogens is 2. The van der Waals surface area contributed by atoms with E-state index >= 15 is 0 Å². The number of nitrogens with one attached hydrogen (secondary N) is 1. The lowest BCUT2D eigenvalue weighted by Gasteiger charge is -2.28. The van der Waals surface area contributed by atoms with Gasteiger partial charge in [-0.1, -0.05) is 18.2 Å². The number of carbonyl (C=O) groups excluding carboxylic acids is 1. The third-order valence-corrected chi connectivity index (χ3v) is 4.25. The van der Waals surface area contributed by atoms with E-state index in [4.69, 9.17) is 0 Å². The molecule has 1 aliphatic carbocycles.